The predicted octanol–water partition coefficient (Wildman–Crippen LogP) is -0.782. The topological polar surface area (TPSA) is 135 Å². The highest BCUT2D eigenvalue weighted by Gasteiger charge is 2.42. The molecule has 3 amide bonds. The van der Waals surface area contributed by atoms with Gasteiger partial charge in [-0.25, -0.2) is 4.90 Å². The maximum absolute atomic E-state index is 12.1. The van der Waals surface area contributed by atoms with Crippen LogP contribution in [0, 0.1) is 0 Å². The van der Waals surface area contributed by atoms with E-state index in [1.807, 2.05) is 0 Å². The molecule has 0 bridgehead atoms. The lowest BCUT2D eigenvalue weighted by Gasteiger charge is -2.08. The first-order valence-corrected chi connectivity index (χ1v) is 5.16. The molecule has 0 aliphatic carbocycles. The second-order valence-corrected chi connectivity index (χ2v) is 3.76. The van der Waals surface area contributed by atoms with E-state index in [0.717, 1.165) is 0 Å². The van der Waals surface area contributed by atoms with Gasteiger partial charge in [0.05, 0.1) is 11.1 Å². The summed E-state index contributed by atoms with van der Waals surface area (Å²) < 4.78 is 0. The summed E-state index contributed by atoms with van der Waals surface area (Å²) >= 11 is 0. The Bertz CT molecular complexity index is 708. The van der Waals surface area contributed by atoms with Gasteiger partial charge in [0.15, 0.2) is 0 Å². The molecule has 0 fully saturated rings. The number of H-pyrrole nitrogens is 1. The van der Waals surface area contributed by atoms with Crippen molar-refractivity contribution in [2.24, 2.45) is 0 Å². The summed E-state index contributed by atoms with van der Waals surface area (Å²) in [6.45, 7) is 0. The molecular weight excluding hydrogens is 252 g/mol. The molecule has 2 aromatic rings. The molecule has 0 radical (unpaired) electrons. The number of nitrogens with one attached hydrogen (secondary N) is 1. The van der Waals surface area contributed by atoms with Crippen molar-refractivity contribution in [1.29, 1.82) is 0 Å². The van der Waals surface area contributed by atoms with Crippen LogP contribution in [-0.4, -0.2) is 43.2 Å². The molecule has 3 N–H and O–H groups in total. The Kier molecular flexibility index (Phi) is 2.14. The molecule has 1 aliphatic heterocycles. The summed E-state index contributed by atoms with van der Waals surface area (Å²) in [4.78, 5) is 36.5. The molecular formula is C10H6N6O3. The fourth-order valence-corrected chi connectivity index (χ4v) is 1.85. The van der Waals surface area contributed by atoms with Crippen molar-refractivity contribution in [1.82, 2.24) is 25.5 Å². The average Bonchev–Trinajstić information content (AvgIpc) is 2.98. The Morgan fingerprint density at radius 1 is 1.26 bits per heavy atom. The molecule has 0 unspecified atom stereocenters. The summed E-state index contributed by atoms with van der Waals surface area (Å²) in [6.07, 6.45) is 0. The number of anilines is 1. The van der Waals surface area contributed by atoms with Gasteiger partial charge in [0.25, 0.3) is 17.6 Å². The normalized spacial score (nSPS) is 13.8. The molecule has 1 aromatic heterocycles. The Labute approximate surface area is 105 Å². The minimum Gasteiger partial charge on any atom is -0.398 e. The van der Waals surface area contributed by atoms with E-state index in [-0.39, 0.29) is 22.6 Å². The first-order valence-electron chi connectivity index (χ1n) is 5.16. The van der Waals surface area contributed by atoms with Gasteiger partial charge in [-0.1, -0.05) is 6.07 Å². The Morgan fingerprint density at radius 3 is 2.68 bits per heavy atom. The van der Waals surface area contributed by atoms with E-state index in [1.165, 1.54) is 18.2 Å². The molecule has 2 heterocycles. The van der Waals surface area contributed by atoms with E-state index in [0.29, 0.717) is 4.90 Å². The molecule has 0 atom stereocenters. The first-order chi connectivity index (χ1) is 9.11. The molecule has 0 saturated carbocycles. The fourth-order valence-electron chi connectivity index (χ4n) is 1.85. The van der Waals surface area contributed by atoms with Crippen molar-refractivity contribution in [2.75, 3.05) is 5.73 Å². The molecule has 19 heavy (non-hydrogen) atoms. The number of nitrogen functional groups attached to an aromatic ring is 1. The zero-order chi connectivity index (χ0) is 13.6. The number of amides is 3. The smallest absolute Gasteiger partial charge is 0.309 e. The van der Waals surface area contributed by atoms with Gasteiger partial charge in [-0.15, -0.1) is 10.2 Å². The van der Waals surface area contributed by atoms with Crippen molar-refractivity contribution < 1.29 is 14.4 Å². The standard InChI is InChI=1S/C10H6N6O3/c11-5-3-1-2-4-6(5)9(18)16(8(4)17)10(19)7-12-14-15-13-7/h1-3H,11H2,(H,12,13,14,15). The first kappa shape index (κ1) is 11.0. The van der Waals surface area contributed by atoms with Gasteiger partial charge in [0, 0.05) is 5.69 Å². The number of carbonyl (C=O) groups excluding carboxylic acids is 3. The Hall–Kier alpha value is -3.10. The largest absolute Gasteiger partial charge is 0.398 e. The number of hydrogen-bond acceptors (Lipinski definition) is 7. The van der Waals surface area contributed by atoms with Crippen molar-refractivity contribution in [2.45, 2.75) is 0 Å². The van der Waals surface area contributed by atoms with Gasteiger partial charge in [0.2, 0.25) is 0 Å². The van der Waals surface area contributed by atoms with Crippen LogP contribution in [0.25, 0.3) is 0 Å². The van der Waals surface area contributed by atoms with Gasteiger partial charge in [0.1, 0.15) is 0 Å². The van der Waals surface area contributed by atoms with Crippen LogP contribution < -0.4 is 5.73 Å². The summed E-state index contributed by atoms with van der Waals surface area (Å²) in [5.41, 5.74) is 5.89. The lowest BCUT2D eigenvalue weighted by Crippen LogP contribution is -2.36. The number of hydrogen-bond donors (Lipinski definition) is 2. The van der Waals surface area contributed by atoms with E-state index in [9.17, 15) is 14.4 Å². The minimum absolute atomic E-state index is 0.0179. The van der Waals surface area contributed by atoms with Crippen LogP contribution in [-0.2, 0) is 0 Å². The van der Waals surface area contributed by atoms with Crippen LogP contribution in [0.1, 0.15) is 31.3 Å². The van der Waals surface area contributed by atoms with E-state index in [1.54, 1.807) is 0 Å². The quantitative estimate of drug-likeness (QED) is 0.505. The van der Waals surface area contributed by atoms with Gasteiger partial charge in [-0.3, -0.25) is 14.4 Å². The molecule has 94 valence electrons. The van der Waals surface area contributed by atoms with Gasteiger partial charge >= 0.3 is 5.91 Å². The summed E-state index contributed by atoms with van der Waals surface area (Å²) in [5.74, 6) is -2.84. The third-order valence-corrected chi connectivity index (χ3v) is 2.69. The van der Waals surface area contributed by atoms with Crippen LogP contribution in [0.2, 0.25) is 0 Å². The number of tetrazole rings is 1. The molecule has 1 aromatic carbocycles. The van der Waals surface area contributed by atoms with Crippen LogP contribution in [0.15, 0.2) is 18.2 Å². The highest BCUT2D eigenvalue weighted by Crippen LogP contribution is 2.28. The van der Waals surface area contributed by atoms with Crippen molar-refractivity contribution >= 4 is 23.4 Å². The third-order valence-electron chi connectivity index (χ3n) is 2.69. The number of aromatic amines is 1. The third kappa shape index (κ3) is 1.41. The number of imide groups is 3. The summed E-state index contributed by atoms with van der Waals surface area (Å²) in [5, 5.41) is 12.2. The SMILES string of the molecule is Nc1cccc2c1C(=O)N(C(=O)c1nn[nH]n1)C2=O. The van der Waals surface area contributed by atoms with Crippen LogP contribution in [0.5, 0.6) is 0 Å². The number of nitrogens with two attached hydrogens (primary N) is 1. The van der Waals surface area contributed by atoms with Crippen LogP contribution in [0.3, 0.4) is 0 Å². The number of fused-ring (bicyclic) bond motifs is 1. The number of aromatic nitrogens is 4. The van der Waals surface area contributed by atoms with E-state index < -0.39 is 17.7 Å². The summed E-state index contributed by atoms with van der Waals surface area (Å²) in [6, 6.07) is 4.43. The molecule has 3 rings (SSSR count). The molecule has 0 saturated heterocycles. The van der Waals surface area contributed by atoms with E-state index in [2.05, 4.69) is 20.6 Å². The lowest BCUT2D eigenvalue weighted by atomic mass is 10.1. The number of nitrogens with zero attached hydrogens (tertiary/aromatic N) is 4. The van der Waals surface area contributed by atoms with Crippen molar-refractivity contribution in [3.63, 3.8) is 0 Å². The summed E-state index contributed by atoms with van der Waals surface area (Å²) in [7, 11) is 0. The second kappa shape index (κ2) is 3.70. The zero-order valence-electron chi connectivity index (χ0n) is 9.32. The predicted molar refractivity (Wildman–Crippen MR) is 59.9 cm³/mol. The maximum atomic E-state index is 12.1. The average molecular weight is 258 g/mol. The molecule has 9 nitrogen and oxygen atoms in total. The fraction of sp³-hybridized carbons (Fsp3) is 0. The second-order valence-electron chi connectivity index (χ2n) is 3.76. The highest BCUT2D eigenvalue weighted by atomic mass is 16.2. The number of carbonyl (C=O) groups is 3. The highest BCUT2D eigenvalue weighted by molar-refractivity contribution is 6.32. The van der Waals surface area contributed by atoms with Crippen LogP contribution in [0.4, 0.5) is 5.69 Å². The monoisotopic (exact) mass is 258 g/mol. The molecule has 1 aliphatic rings. The van der Waals surface area contributed by atoms with Gasteiger partial charge in [-0.05, 0) is 17.3 Å². The zero-order valence-corrected chi connectivity index (χ0v) is 9.32. The Morgan fingerprint density at radius 2 is 2.05 bits per heavy atom. The maximum Gasteiger partial charge on any atom is 0.309 e. The minimum atomic E-state index is -0.945. The number of benzene rings is 1. The Balaban J connectivity index is 2.09. The van der Waals surface area contributed by atoms with Gasteiger partial charge in [-0.2, -0.15) is 5.21 Å². The number of rotatable bonds is 1. The van der Waals surface area contributed by atoms with E-state index >= 15 is 0 Å². The van der Waals surface area contributed by atoms with Crippen molar-refractivity contribution in [3.05, 3.63) is 35.2 Å². The molecule has 9 heteroatoms. The van der Waals surface area contributed by atoms with Crippen LogP contribution >= 0.6 is 0 Å². The van der Waals surface area contributed by atoms with Crippen molar-refractivity contribution in [3.8, 4) is 0 Å². The van der Waals surface area contributed by atoms with Gasteiger partial charge < -0.3 is 5.73 Å². The lowest BCUT2D eigenvalue weighted by molar-refractivity contribution is 0.0560. The van der Waals surface area contributed by atoms with E-state index in [4.69, 9.17) is 5.73 Å². The molecule has 0 spiro atoms.